The number of rotatable bonds is 2. The minimum absolute atomic E-state index is 0.0256. The van der Waals surface area contributed by atoms with Crippen molar-refractivity contribution in [2.24, 2.45) is 0 Å². The maximum Gasteiger partial charge on any atom is 0.277 e. The average Bonchev–Trinajstić information content (AvgIpc) is 3.28. The summed E-state index contributed by atoms with van der Waals surface area (Å²) in [7, 11) is 0. The highest BCUT2D eigenvalue weighted by molar-refractivity contribution is 5.86. The van der Waals surface area contributed by atoms with Gasteiger partial charge in [-0.1, -0.05) is 18.2 Å². The Morgan fingerprint density at radius 1 is 1.24 bits per heavy atom. The van der Waals surface area contributed by atoms with E-state index in [1.165, 1.54) is 15.5 Å². The SMILES string of the molecule is Cc1nc2nc(CC(=O)N3CCc4c([nH]c5ccccc45)[C@@H]3C)[nH]n2c(=O)c1C. The van der Waals surface area contributed by atoms with Gasteiger partial charge in [0, 0.05) is 34.4 Å². The fourth-order valence-electron chi connectivity index (χ4n) is 4.24. The molecular formula is C21H22N6O2. The fourth-order valence-corrected chi connectivity index (χ4v) is 4.24. The molecule has 29 heavy (non-hydrogen) atoms. The monoisotopic (exact) mass is 390 g/mol. The lowest BCUT2D eigenvalue weighted by Gasteiger charge is -2.33. The molecule has 4 aromatic rings. The van der Waals surface area contributed by atoms with E-state index in [0.717, 1.165) is 17.6 Å². The standard InChI is InChI=1S/C21H22N6O2/c1-11-12(2)22-21-24-17(25-27(21)20(11)29)10-18(28)26-9-8-15-14-6-4-5-7-16(14)23-19(15)13(26)3/h4-7,13,23H,8-10H2,1-3H3,(H,22,24,25)/t13-/m0/s1. The van der Waals surface area contributed by atoms with Crippen LogP contribution in [-0.2, 0) is 17.6 Å². The Hall–Kier alpha value is -3.42. The molecule has 0 bridgehead atoms. The summed E-state index contributed by atoms with van der Waals surface area (Å²) in [6.45, 7) is 6.22. The molecular weight excluding hydrogens is 368 g/mol. The number of para-hydroxylation sites is 1. The molecule has 0 fully saturated rings. The first-order chi connectivity index (χ1) is 13.9. The molecule has 0 saturated heterocycles. The summed E-state index contributed by atoms with van der Waals surface area (Å²) < 4.78 is 1.31. The van der Waals surface area contributed by atoms with Crippen LogP contribution in [-0.4, -0.2) is 41.9 Å². The molecule has 2 N–H and O–H groups in total. The van der Waals surface area contributed by atoms with Gasteiger partial charge in [0.15, 0.2) is 0 Å². The summed E-state index contributed by atoms with van der Waals surface area (Å²) >= 11 is 0. The number of carbonyl (C=O) groups excluding carboxylic acids is 1. The van der Waals surface area contributed by atoms with Crippen LogP contribution >= 0.6 is 0 Å². The first-order valence-electron chi connectivity index (χ1n) is 9.78. The van der Waals surface area contributed by atoms with Gasteiger partial charge < -0.3 is 9.88 Å². The third kappa shape index (κ3) is 2.66. The van der Waals surface area contributed by atoms with E-state index < -0.39 is 0 Å². The van der Waals surface area contributed by atoms with Gasteiger partial charge in [-0.15, -0.1) is 0 Å². The van der Waals surface area contributed by atoms with Crippen molar-refractivity contribution >= 4 is 22.6 Å². The number of fused-ring (bicyclic) bond motifs is 4. The highest BCUT2D eigenvalue weighted by Gasteiger charge is 2.30. The van der Waals surface area contributed by atoms with Crippen molar-refractivity contribution in [1.29, 1.82) is 0 Å². The number of aryl methyl sites for hydroxylation is 1. The van der Waals surface area contributed by atoms with Gasteiger partial charge in [-0.05, 0) is 38.8 Å². The van der Waals surface area contributed by atoms with Crippen molar-refractivity contribution in [2.45, 2.75) is 39.7 Å². The zero-order valence-electron chi connectivity index (χ0n) is 16.6. The Morgan fingerprint density at radius 3 is 2.86 bits per heavy atom. The first kappa shape index (κ1) is 17.7. The Bertz CT molecular complexity index is 1330. The van der Waals surface area contributed by atoms with E-state index in [0.29, 0.717) is 29.4 Å². The number of aromatic nitrogens is 5. The molecule has 0 saturated carbocycles. The van der Waals surface area contributed by atoms with Crippen molar-refractivity contribution < 1.29 is 4.79 Å². The minimum atomic E-state index is -0.187. The average molecular weight is 390 g/mol. The van der Waals surface area contributed by atoms with Crippen LogP contribution in [0, 0.1) is 13.8 Å². The number of amides is 1. The first-order valence-corrected chi connectivity index (χ1v) is 9.78. The van der Waals surface area contributed by atoms with Gasteiger partial charge in [-0.25, -0.2) is 4.98 Å². The normalized spacial score (nSPS) is 16.5. The van der Waals surface area contributed by atoms with Crippen LogP contribution in [0.1, 0.15) is 41.3 Å². The predicted molar refractivity (Wildman–Crippen MR) is 109 cm³/mol. The van der Waals surface area contributed by atoms with Crippen molar-refractivity contribution in [3.05, 3.63) is 63.0 Å². The summed E-state index contributed by atoms with van der Waals surface area (Å²) in [6.07, 6.45) is 0.912. The molecule has 1 atom stereocenters. The third-order valence-electron chi connectivity index (χ3n) is 5.98. The lowest BCUT2D eigenvalue weighted by molar-refractivity contribution is -0.133. The van der Waals surface area contributed by atoms with Gasteiger partial charge in [0.25, 0.3) is 11.3 Å². The van der Waals surface area contributed by atoms with Crippen LogP contribution < -0.4 is 5.56 Å². The Balaban J connectivity index is 1.43. The second-order valence-electron chi connectivity index (χ2n) is 7.69. The molecule has 3 aromatic heterocycles. The second kappa shape index (κ2) is 6.30. The third-order valence-corrected chi connectivity index (χ3v) is 5.98. The van der Waals surface area contributed by atoms with E-state index >= 15 is 0 Å². The van der Waals surface area contributed by atoms with Gasteiger partial charge >= 0.3 is 0 Å². The molecule has 1 amide bonds. The van der Waals surface area contributed by atoms with Crippen LogP contribution in [0.15, 0.2) is 29.1 Å². The van der Waals surface area contributed by atoms with Crippen LogP contribution in [0.25, 0.3) is 16.7 Å². The summed E-state index contributed by atoms with van der Waals surface area (Å²) in [5.74, 6) is 0.715. The number of H-pyrrole nitrogens is 2. The summed E-state index contributed by atoms with van der Waals surface area (Å²) in [5.41, 5.74) is 4.53. The van der Waals surface area contributed by atoms with Crippen LogP contribution in [0.4, 0.5) is 0 Å². The van der Waals surface area contributed by atoms with Gasteiger partial charge in [0.2, 0.25) is 5.91 Å². The summed E-state index contributed by atoms with van der Waals surface area (Å²) in [4.78, 5) is 39.5. The van der Waals surface area contributed by atoms with Gasteiger partial charge in [0.05, 0.1) is 12.5 Å². The van der Waals surface area contributed by atoms with Crippen molar-refractivity contribution in [3.8, 4) is 0 Å². The zero-order valence-corrected chi connectivity index (χ0v) is 16.6. The van der Waals surface area contributed by atoms with Crippen LogP contribution in [0.2, 0.25) is 0 Å². The highest BCUT2D eigenvalue weighted by atomic mass is 16.2. The number of hydrogen-bond acceptors (Lipinski definition) is 4. The summed E-state index contributed by atoms with van der Waals surface area (Å²) in [5, 5.41) is 4.16. The molecule has 1 aliphatic rings. The van der Waals surface area contributed by atoms with E-state index in [9.17, 15) is 9.59 Å². The molecule has 4 heterocycles. The molecule has 0 radical (unpaired) electrons. The smallest absolute Gasteiger partial charge is 0.277 e. The minimum Gasteiger partial charge on any atom is -0.356 e. The molecule has 0 spiro atoms. The molecule has 5 rings (SSSR count). The molecule has 1 aliphatic heterocycles. The van der Waals surface area contributed by atoms with Gasteiger partial charge in [0.1, 0.15) is 5.82 Å². The topological polar surface area (TPSA) is 99.2 Å². The van der Waals surface area contributed by atoms with Crippen LogP contribution in [0.3, 0.4) is 0 Å². The summed E-state index contributed by atoms with van der Waals surface area (Å²) in [6, 6.07) is 8.19. The van der Waals surface area contributed by atoms with Gasteiger partial charge in [-0.2, -0.15) is 9.50 Å². The maximum atomic E-state index is 13.0. The van der Waals surface area contributed by atoms with Gasteiger partial charge in [-0.3, -0.25) is 14.7 Å². The predicted octanol–water partition coefficient (Wildman–Crippen LogP) is 2.20. The Kier molecular flexibility index (Phi) is 3.84. The van der Waals surface area contributed by atoms with E-state index in [1.54, 1.807) is 13.8 Å². The number of aromatic amines is 2. The fraction of sp³-hybridized carbons (Fsp3) is 0.333. The largest absolute Gasteiger partial charge is 0.356 e. The number of nitrogens with one attached hydrogen (secondary N) is 2. The lowest BCUT2D eigenvalue weighted by atomic mass is 9.98. The number of benzene rings is 1. The van der Waals surface area contributed by atoms with E-state index in [2.05, 4.69) is 32.2 Å². The lowest BCUT2D eigenvalue weighted by Crippen LogP contribution is -2.39. The maximum absolute atomic E-state index is 13.0. The molecule has 0 unspecified atom stereocenters. The van der Waals surface area contributed by atoms with E-state index in [-0.39, 0.29) is 23.9 Å². The van der Waals surface area contributed by atoms with Crippen LogP contribution in [0.5, 0.6) is 0 Å². The molecule has 0 aliphatic carbocycles. The van der Waals surface area contributed by atoms with E-state index in [4.69, 9.17) is 0 Å². The van der Waals surface area contributed by atoms with Crippen molar-refractivity contribution in [3.63, 3.8) is 0 Å². The number of carbonyl (C=O) groups is 1. The highest BCUT2D eigenvalue weighted by Crippen LogP contribution is 2.34. The molecule has 148 valence electrons. The molecule has 8 nitrogen and oxygen atoms in total. The van der Waals surface area contributed by atoms with Crippen molar-refractivity contribution in [2.75, 3.05) is 6.54 Å². The molecule has 8 heteroatoms. The quantitative estimate of drug-likeness (QED) is 0.548. The Morgan fingerprint density at radius 2 is 2.03 bits per heavy atom. The van der Waals surface area contributed by atoms with E-state index in [1.807, 2.05) is 24.0 Å². The van der Waals surface area contributed by atoms with Crippen molar-refractivity contribution in [1.82, 2.24) is 29.5 Å². The second-order valence-corrected chi connectivity index (χ2v) is 7.69. The Labute approximate surface area is 166 Å². The number of nitrogens with zero attached hydrogens (tertiary/aromatic N) is 4. The molecule has 1 aromatic carbocycles. The zero-order chi connectivity index (χ0) is 20.3. The number of hydrogen-bond donors (Lipinski definition) is 2.